The van der Waals surface area contributed by atoms with Crippen molar-refractivity contribution in [3.05, 3.63) is 146 Å². The summed E-state index contributed by atoms with van der Waals surface area (Å²) in [5.41, 5.74) is 0. The molecule has 0 aromatic rings. The summed E-state index contributed by atoms with van der Waals surface area (Å²) in [5.74, 6) is -0.974. The Kier molecular flexibility index (Phi) is 59.9. The molecule has 0 saturated heterocycles. The van der Waals surface area contributed by atoms with E-state index in [1.807, 2.05) is 0 Å². The fourth-order valence-electron chi connectivity index (χ4n) is 8.22. The normalized spacial score (nSPS) is 13.1. The highest BCUT2D eigenvalue weighted by Crippen LogP contribution is 2.15. The topological polar surface area (TPSA) is 78.9 Å². The van der Waals surface area contributed by atoms with E-state index in [9.17, 15) is 14.4 Å². The zero-order valence-electron chi connectivity index (χ0n) is 49.7. The molecule has 0 rings (SSSR count). The maximum Gasteiger partial charge on any atom is 0.306 e. The highest BCUT2D eigenvalue weighted by Gasteiger charge is 2.19. The smallest absolute Gasteiger partial charge is 0.306 e. The molecule has 0 spiro atoms. The minimum absolute atomic E-state index is 0.106. The first-order valence-corrected chi connectivity index (χ1v) is 31.3. The molecule has 1 atom stereocenters. The lowest BCUT2D eigenvalue weighted by atomic mass is 10.1. The summed E-state index contributed by atoms with van der Waals surface area (Å²) < 4.78 is 16.8. The lowest BCUT2D eigenvalue weighted by Crippen LogP contribution is -2.30. The first kappa shape index (κ1) is 72.3. The van der Waals surface area contributed by atoms with Crippen LogP contribution in [0.5, 0.6) is 0 Å². The van der Waals surface area contributed by atoms with Gasteiger partial charge in [0.05, 0.1) is 0 Å². The zero-order chi connectivity index (χ0) is 55.7. The van der Waals surface area contributed by atoms with Gasteiger partial charge in [0, 0.05) is 19.3 Å². The van der Waals surface area contributed by atoms with Gasteiger partial charge in [-0.3, -0.25) is 14.4 Å². The number of carbonyl (C=O) groups is 3. The largest absolute Gasteiger partial charge is 0.462 e. The monoisotopic (exact) mass is 1060 g/mol. The molecular formula is C71H114O6. The van der Waals surface area contributed by atoms with Gasteiger partial charge in [-0.1, -0.05) is 276 Å². The Morgan fingerprint density at radius 3 is 0.831 bits per heavy atom. The zero-order valence-corrected chi connectivity index (χ0v) is 49.7. The summed E-state index contributed by atoms with van der Waals surface area (Å²) in [6, 6.07) is 0. The van der Waals surface area contributed by atoms with Crippen LogP contribution in [0.4, 0.5) is 0 Å². The van der Waals surface area contributed by atoms with Crippen LogP contribution >= 0.6 is 0 Å². The van der Waals surface area contributed by atoms with Gasteiger partial charge in [-0.25, -0.2) is 0 Å². The Morgan fingerprint density at radius 2 is 0.519 bits per heavy atom. The van der Waals surface area contributed by atoms with Crippen molar-refractivity contribution in [3.63, 3.8) is 0 Å². The molecule has 0 aliphatic heterocycles. The number of rotatable bonds is 55. The maximum absolute atomic E-state index is 12.9. The van der Waals surface area contributed by atoms with Gasteiger partial charge in [0.25, 0.3) is 0 Å². The second-order valence-electron chi connectivity index (χ2n) is 20.2. The second-order valence-corrected chi connectivity index (χ2v) is 20.2. The number of allylic oxidation sites excluding steroid dienone is 24. The van der Waals surface area contributed by atoms with Crippen LogP contribution in [0.2, 0.25) is 0 Å². The van der Waals surface area contributed by atoms with Crippen LogP contribution < -0.4 is 0 Å². The van der Waals surface area contributed by atoms with Crippen molar-refractivity contribution in [1.29, 1.82) is 0 Å². The molecule has 6 heteroatoms. The number of esters is 3. The summed E-state index contributed by atoms with van der Waals surface area (Å²) in [5, 5.41) is 0. The molecule has 77 heavy (non-hydrogen) atoms. The summed E-state index contributed by atoms with van der Waals surface area (Å²) >= 11 is 0. The minimum Gasteiger partial charge on any atom is -0.462 e. The first-order chi connectivity index (χ1) is 38.0. The molecule has 6 nitrogen and oxygen atoms in total. The van der Waals surface area contributed by atoms with E-state index >= 15 is 0 Å². The Balaban J connectivity index is 4.43. The lowest BCUT2D eigenvalue weighted by molar-refractivity contribution is -0.167. The molecule has 0 heterocycles. The third kappa shape index (κ3) is 62.0. The van der Waals surface area contributed by atoms with E-state index in [1.165, 1.54) is 89.9 Å². The molecule has 0 N–H and O–H groups in total. The average molecular weight is 1060 g/mol. The molecule has 0 aliphatic carbocycles. The van der Waals surface area contributed by atoms with E-state index in [-0.39, 0.29) is 37.5 Å². The standard InChI is InChI=1S/C71H114O6/c1-4-7-10-13-16-19-22-24-26-28-30-32-34-35-37-38-40-42-44-46-49-52-55-58-61-64-70(73)76-67-68(66-75-69(72)63-60-57-54-51-48-21-18-15-12-9-6-3)77-71(74)65-62-59-56-53-50-47-45-43-41-39-36-33-31-29-27-25-23-20-17-14-11-8-5-2/h7-8,10-11,16-17,19-20,24-27,30-33,35,37,39,41,45,47,53,56,68H,4-6,9,12-15,18,21-23,28-29,34,36,38,40,42-44,46,48-52,54-55,57-67H2,1-3H3/b10-7-,11-8-,19-16-,20-17-,26-24-,27-25-,32-30-,33-31-,37-35-,41-39-,47-45-,56-53-. The molecule has 0 saturated carbocycles. The predicted molar refractivity (Wildman–Crippen MR) is 334 cm³/mol. The van der Waals surface area contributed by atoms with Gasteiger partial charge in [-0.2, -0.15) is 0 Å². The van der Waals surface area contributed by atoms with Crippen LogP contribution in [-0.4, -0.2) is 37.2 Å². The number of ether oxygens (including phenoxy) is 3. The van der Waals surface area contributed by atoms with Gasteiger partial charge in [0.2, 0.25) is 0 Å². The Hall–Kier alpha value is -4.71. The predicted octanol–water partition coefficient (Wildman–Crippen LogP) is 21.5. The molecule has 0 aliphatic rings. The second kappa shape index (κ2) is 63.8. The molecule has 0 bridgehead atoms. The van der Waals surface area contributed by atoms with E-state index < -0.39 is 6.10 Å². The van der Waals surface area contributed by atoms with E-state index in [0.717, 1.165) is 128 Å². The highest BCUT2D eigenvalue weighted by atomic mass is 16.6. The van der Waals surface area contributed by atoms with E-state index in [1.54, 1.807) is 0 Å². The molecule has 0 aromatic carbocycles. The van der Waals surface area contributed by atoms with E-state index in [4.69, 9.17) is 14.2 Å². The summed E-state index contributed by atoms with van der Waals surface area (Å²) in [6.07, 6.45) is 91.4. The molecule has 0 amide bonds. The van der Waals surface area contributed by atoms with Crippen molar-refractivity contribution in [2.75, 3.05) is 13.2 Å². The minimum atomic E-state index is -0.816. The SMILES string of the molecule is CC/C=C\C/C=C\C/C=C\C/C=C\C/C=C\C/C=C\C/C=C\CCCC(=O)OC(COC(=O)CCCCCCCCCCC/C=C\C/C=C\C/C=C\C/C=C\C/C=C\CC)COC(=O)CCCCCCCCCCCCC. The van der Waals surface area contributed by atoms with Crippen LogP contribution in [0.1, 0.15) is 265 Å². The van der Waals surface area contributed by atoms with Gasteiger partial charge >= 0.3 is 17.9 Å². The van der Waals surface area contributed by atoms with E-state index in [2.05, 4.69) is 167 Å². The van der Waals surface area contributed by atoms with E-state index in [0.29, 0.717) is 19.3 Å². The molecule has 0 fully saturated rings. The van der Waals surface area contributed by atoms with Crippen LogP contribution in [0.3, 0.4) is 0 Å². The maximum atomic E-state index is 12.9. The third-order valence-electron chi connectivity index (χ3n) is 12.8. The Morgan fingerprint density at radius 1 is 0.273 bits per heavy atom. The molecule has 0 aromatic heterocycles. The quantitative estimate of drug-likeness (QED) is 0.0261. The van der Waals surface area contributed by atoms with Crippen molar-refractivity contribution >= 4 is 17.9 Å². The molecule has 434 valence electrons. The first-order valence-electron chi connectivity index (χ1n) is 31.3. The lowest BCUT2D eigenvalue weighted by Gasteiger charge is -2.18. The third-order valence-corrected chi connectivity index (χ3v) is 12.8. The fraction of sp³-hybridized carbons (Fsp3) is 0.620. The number of carbonyl (C=O) groups excluding carboxylic acids is 3. The van der Waals surface area contributed by atoms with Crippen molar-refractivity contribution in [1.82, 2.24) is 0 Å². The van der Waals surface area contributed by atoms with Gasteiger partial charge in [0.15, 0.2) is 6.10 Å². The number of hydrogen-bond donors (Lipinski definition) is 0. The van der Waals surface area contributed by atoms with Crippen LogP contribution in [0.25, 0.3) is 0 Å². The Bertz CT molecular complexity index is 1700. The van der Waals surface area contributed by atoms with Crippen molar-refractivity contribution in [2.24, 2.45) is 0 Å². The van der Waals surface area contributed by atoms with Crippen molar-refractivity contribution in [2.45, 2.75) is 271 Å². The summed E-state index contributed by atoms with van der Waals surface area (Å²) in [7, 11) is 0. The van der Waals surface area contributed by atoms with Gasteiger partial charge in [-0.05, 0) is 116 Å². The fourth-order valence-corrected chi connectivity index (χ4v) is 8.22. The average Bonchev–Trinajstić information content (AvgIpc) is 3.43. The van der Waals surface area contributed by atoms with Crippen LogP contribution in [0.15, 0.2) is 146 Å². The van der Waals surface area contributed by atoms with Gasteiger partial charge < -0.3 is 14.2 Å². The van der Waals surface area contributed by atoms with Crippen LogP contribution in [-0.2, 0) is 28.6 Å². The summed E-state index contributed by atoms with van der Waals surface area (Å²) in [6.45, 7) is 6.35. The van der Waals surface area contributed by atoms with Crippen molar-refractivity contribution in [3.8, 4) is 0 Å². The number of hydrogen-bond acceptors (Lipinski definition) is 6. The molecule has 1 unspecified atom stereocenters. The van der Waals surface area contributed by atoms with Crippen LogP contribution in [0, 0.1) is 0 Å². The Labute approximate surface area is 474 Å². The van der Waals surface area contributed by atoms with Gasteiger partial charge in [0.1, 0.15) is 13.2 Å². The highest BCUT2D eigenvalue weighted by molar-refractivity contribution is 5.71. The number of unbranched alkanes of at least 4 members (excludes halogenated alkanes) is 20. The summed E-state index contributed by atoms with van der Waals surface area (Å²) in [4.78, 5) is 38.2. The molecule has 0 radical (unpaired) electrons. The molecular weight excluding hydrogens is 949 g/mol. The van der Waals surface area contributed by atoms with Gasteiger partial charge in [-0.15, -0.1) is 0 Å². The van der Waals surface area contributed by atoms with Crippen molar-refractivity contribution < 1.29 is 28.6 Å².